The van der Waals surface area contributed by atoms with E-state index in [0.29, 0.717) is 13.1 Å². The molecule has 0 saturated carbocycles. The summed E-state index contributed by atoms with van der Waals surface area (Å²) < 4.78 is 12.9. The summed E-state index contributed by atoms with van der Waals surface area (Å²) in [6.45, 7) is 1.03. The molecule has 0 aromatic heterocycles. The molecule has 0 aliphatic heterocycles. The zero-order chi connectivity index (χ0) is 9.68. The molecule has 68 valence electrons. The summed E-state index contributed by atoms with van der Waals surface area (Å²) in [5.74, 6) is 2.03. The highest BCUT2D eigenvalue weighted by Crippen LogP contribution is 2.15. The fourth-order valence-electron chi connectivity index (χ4n) is 0.929. The summed E-state index contributed by atoms with van der Waals surface area (Å²) in [7, 11) is 0. The van der Waals surface area contributed by atoms with Crippen LogP contribution in [0.5, 0.6) is 0 Å². The number of hydrogen-bond donors (Lipinski definition) is 1. The lowest BCUT2D eigenvalue weighted by Gasteiger charge is -2.01. The Kier molecular flexibility index (Phi) is 3.75. The Balaban J connectivity index is 2.59. The normalized spacial score (nSPS) is 9.62. The molecule has 0 fully saturated rings. The van der Waals surface area contributed by atoms with E-state index in [2.05, 4.69) is 11.2 Å². The third kappa shape index (κ3) is 3.06. The van der Waals surface area contributed by atoms with Gasteiger partial charge in [-0.3, -0.25) is 0 Å². The molecule has 1 N–H and O–H groups in total. The summed E-state index contributed by atoms with van der Waals surface area (Å²) in [6.07, 6.45) is 5.04. The van der Waals surface area contributed by atoms with E-state index in [0.717, 1.165) is 5.56 Å². The van der Waals surface area contributed by atoms with Crippen molar-refractivity contribution in [3.05, 3.63) is 34.6 Å². The molecule has 0 saturated heterocycles. The van der Waals surface area contributed by atoms with E-state index in [9.17, 15) is 4.39 Å². The van der Waals surface area contributed by atoms with Crippen molar-refractivity contribution in [1.29, 1.82) is 0 Å². The first-order chi connectivity index (χ1) is 6.24. The number of nitrogens with one attached hydrogen (secondary N) is 1. The maximum absolute atomic E-state index is 12.9. The highest BCUT2D eigenvalue weighted by atomic mass is 35.5. The molecule has 0 radical (unpaired) electrons. The Morgan fingerprint density at radius 1 is 1.54 bits per heavy atom. The zero-order valence-corrected chi connectivity index (χ0v) is 7.74. The van der Waals surface area contributed by atoms with E-state index in [-0.39, 0.29) is 5.02 Å². The largest absolute Gasteiger partial charge is 0.302 e. The minimum absolute atomic E-state index is 0.140. The lowest BCUT2D eigenvalue weighted by atomic mass is 10.2. The number of benzene rings is 1. The summed E-state index contributed by atoms with van der Waals surface area (Å²) in [5.41, 5.74) is 0.831. The van der Waals surface area contributed by atoms with Gasteiger partial charge in [0.25, 0.3) is 0 Å². The van der Waals surface area contributed by atoms with Crippen molar-refractivity contribution in [3.8, 4) is 12.3 Å². The van der Waals surface area contributed by atoms with Gasteiger partial charge in [0.05, 0.1) is 11.6 Å². The van der Waals surface area contributed by atoms with E-state index in [1.165, 1.54) is 12.1 Å². The first kappa shape index (κ1) is 10.0. The van der Waals surface area contributed by atoms with Crippen molar-refractivity contribution in [2.24, 2.45) is 0 Å². The SMILES string of the molecule is C#CCNCc1ccc(Cl)c(F)c1. The molecule has 1 aromatic rings. The Morgan fingerprint density at radius 2 is 2.31 bits per heavy atom. The maximum atomic E-state index is 12.9. The topological polar surface area (TPSA) is 12.0 Å². The second-order valence-electron chi connectivity index (χ2n) is 2.56. The lowest BCUT2D eigenvalue weighted by Crippen LogP contribution is -2.12. The molecule has 13 heavy (non-hydrogen) atoms. The summed E-state index contributed by atoms with van der Waals surface area (Å²) in [4.78, 5) is 0. The minimum atomic E-state index is -0.401. The van der Waals surface area contributed by atoms with Gasteiger partial charge in [-0.2, -0.15) is 0 Å². The Hall–Kier alpha value is -1.04. The smallest absolute Gasteiger partial charge is 0.142 e. The van der Waals surface area contributed by atoms with E-state index in [4.69, 9.17) is 18.0 Å². The van der Waals surface area contributed by atoms with Crippen molar-refractivity contribution >= 4 is 11.6 Å². The van der Waals surface area contributed by atoms with Gasteiger partial charge < -0.3 is 5.32 Å². The van der Waals surface area contributed by atoms with Crippen LogP contribution in [0, 0.1) is 18.2 Å². The van der Waals surface area contributed by atoms with Gasteiger partial charge in [0.2, 0.25) is 0 Å². The molecule has 0 heterocycles. The quantitative estimate of drug-likeness (QED) is 0.579. The highest BCUT2D eigenvalue weighted by Gasteiger charge is 1.99. The third-order valence-electron chi connectivity index (χ3n) is 1.54. The zero-order valence-electron chi connectivity index (χ0n) is 6.98. The lowest BCUT2D eigenvalue weighted by molar-refractivity contribution is 0.623. The second kappa shape index (κ2) is 4.86. The molecule has 3 heteroatoms. The highest BCUT2D eigenvalue weighted by molar-refractivity contribution is 6.30. The summed E-state index contributed by atoms with van der Waals surface area (Å²) in [5, 5.41) is 3.09. The monoisotopic (exact) mass is 197 g/mol. The van der Waals surface area contributed by atoms with Gasteiger partial charge in [-0.25, -0.2) is 4.39 Å². The average molecular weight is 198 g/mol. The van der Waals surface area contributed by atoms with Gasteiger partial charge in [0.1, 0.15) is 5.82 Å². The van der Waals surface area contributed by atoms with E-state index in [1.807, 2.05) is 0 Å². The van der Waals surface area contributed by atoms with Crippen LogP contribution < -0.4 is 5.32 Å². The first-order valence-corrected chi connectivity index (χ1v) is 4.20. The van der Waals surface area contributed by atoms with Gasteiger partial charge in [-0.1, -0.05) is 23.6 Å². The molecular weight excluding hydrogens is 189 g/mol. The Labute approximate surface area is 81.9 Å². The number of terminal acetylenes is 1. The van der Waals surface area contributed by atoms with Crippen molar-refractivity contribution in [1.82, 2.24) is 5.32 Å². The van der Waals surface area contributed by atoms with Crippen LogP contribution in [0.3, 0.4) is 0 Å². The molecule has 0 bridgehead atoms. The fourth-order valence-corrected chi connectivity index (χ4v) is 1.05. The van der Waals surface area contributed by atoms with Crippen LogP contribution in [0.2, 0.25) is 5.02 Å². The van der Waals surface area contributed by atoms with Gasteiger partial charge in [-0.15, -0.1) is 6.42 Å². The van der Waals surface area contributed by atoms with E-state index in [1.54, 1.807) is 6.07 Å². The van der Waals surface area contributed by atoms with Crippen LogP contribution in [-0.2, 0) is 6.54 Å². The molecule has 0 spiro atoms. The van der Waals surface area contributed by atoms with E-state index >= 15 is 0 Å². The Morgan fingerprint density at radius 3 is 2.92 bits per heavy atom. The van der Waals surface area contributed by atoms with E-state index < -0.39 is 5.82 Å². The molecule has 0 aliphatic rings. The van der Waals surface area contributed by atoms with Crippen LogP contribution in [0.15, 0.2) is 18.2 Å². The predicted octanol–water partition coefficient (Wildman–Crippen LogP) is 2.20. The second-order valence-corrected chi connectivity index (χ2v) is 2.96. The summed E-state index contributed by atoms with van der Waals surface area (Å²) in [6, 6.07) is 4.69. The van der Waals surface area contributed by atoms with Crippen LogP contribution >= 0.6 is 11.6 Å². The molecule has 0 unspecified atom stereocenters. The first-order valence-electron chi connectivity index (χ1n) is 3.82. The number of halogens is 2. The van der Waals surface area contributed by atoms with Crippen LogP contribution in [-0.4, -0.2) is 6.54 Å². The van der Waals surface area contributed by atoms with Gasteiger partial charge in [0, 0.05) is 6.54 Å². The summed E-state index contributed by atoms with van der Waals surface area (Å²) >= 11 is 5.51. The molecule has 0 amide bonds. The Bertz CT molecular complexity index is 330. The van der Waals surface area contributed by atoms with Gasteiger partial charge in [-0.05, 0) is 17.7 Å². The average Bonchev–Trinajstić information content (AvgIpc) is 2.12. The standard InChI is InChI=1S/C10H9ClFN/c1-2-5-13-7-8-3-4-9(11)10(12)6-8/h1,3-4,6,13H,5,7H2. The number of hydrogen-bond acceptors (Lipinski definition) is 1. The fraction of sp³-hybridized carbons (Fsp3) is 0.200. The molecule has 0 atom stereocenters. The van der Waals surface area contributed by atoms with Gasteiger partial charge in [0.15, 0.2) is 0 Å². The molecule has 0 aliphatic carbocycles. The van der Waals surface area contributed by atoms with Crippen LogP contribution in [0.25, 0.3) is 0 Å². The van der Waals surface area contributed by atoms with Crippen molar-refractivity contribution < 1.29 is 4.39 Å². The number of rotatable bonds is 3. The minimum Gasteiger partial charge on any atom is -0.302 e. The van der Waals surface area contributed by atoms with Crippen molar-refractivity contribution in [2.45, 2.75) is 6.54 Å². The third-order valence-corrected chi connectivity index (χ3v) is 1.85. The van der Waals surface area contributed by atoms with Crippen molar-refractivity contribution in [3.63, 3.8) is 0 Å². The maximum Gasteiger partial charge on any atom is 0.142 e. The van der Waals surface area contributed by atoms with Crippen LogP contribution in [0.1, 0.15) is 5.56 Å². The molecule has 1 rings (SSSR count). The predicted molar refractivity (Wildman–Crippen MR) is 51.9 cm³/mol. The van der Waals surface area contributed by atoms with Crippen molar-refractivity contribution in [2.75, 3.05) is 6.54 Å². The van der Waals surface area contributed by atoms with Gasteiger partial charge >= 0.3 is 0 Å². The molecule has 1 aromatic carbocycles. The van der Waals surface area contributed by atoms with Crippen LogP contribution in [0.4, 0.5) is 4.39 Å². The molecule has 1 nitrogen and oxygen atoms in total. The molecular formula is C10H9ClFN.